The summed E-state index contributed by atoms with van der Waals surface area (Å²) in [6.45, 7) is 3.85. The number of nitrogens with one attached hydrogen (secondary N) is 2. The first-order valence-corrected chi connectivity index (χ1v) is 14.8. The number of likely N-dealkylation sites (tertiary alicyclic amines) is 1. The van der Waals surface area contributed by atoms with Gasteiger partial charge in [0, 0.05) is 47.1 Å². The number of allylic oxidation sites excluding steroid dienone is 2. The van der Waals surface area contributed by atoms with Crippen molar-refractivity contribution in [2.24, 2.45) is 5.92 Å². The second-order valence-electron chi connectivity index (χ2n) is 11.6. The van der Waals surface area contributed by atoms with Gasteiger partial charge < -0.3 is 20.1 Å². The molecular formula is C34H35F3N6O2. The van der Waals surface area contributed by atoms with Crippen LogP contribution >= 0.6 is 0 Å². The molecule has 2 aromatic heterocycles. The molecule has 0 saturated carbocycles. The highest BCUT2D eigenvalue weighted by Gasteiger charge is 2.33. The van der Waals surface area contributed by atoms with Crippen LogP contribution in [0.15, 0.2) is 83.9 Å². The van der Waals surface area contributed by atoms with E-state index in [1.807, 2.05) is 19.9 Å². The second kappa shape index (κ2) is 13.6. The number of hydrogen-bond donors (Lipinski definition) is 2. The van der Waals surface area contributed by atoms with E-state index in [1.165, 1.54) is 11.0 Å². The molecule has 1 fully saturated rings. The quantitative estimate of drug-likeness (QED) is 0.187. The fourth-order valence-electron chi connectivity index (χ4n) is 5.21. The first-order valence-electron chi connectivity index (χ1n) is 14.8. The Morgan fingerprint density at radius 3 is 2.47 bits per heavy atom. The van der Waals surface area contributed by atoms with Crippen LogP contribution in [0.5, 0.6) is 11.5 Å². The highest BCUT2D eigenvalue weighted by atomic mass is 19.4. The Labute approximate surface area is 259 Å². The van der Waals surface area contributed by atoms with Gasteiger partial charge in [0.15, 0.2) is 0 Å². The summed E-state index contributed by atoms with van der Waals surface area (Å²) in [5.41, 5.74) is 2.60. The van der Waals surface area contributed by atoms with Gasteiger partial charge in [0.2, 0.25) is 0 Å². The molecule has 0 bridgehead atoms. The maximum Gasteiger partial charge on any atom is 0.401 e. The number of ether oxygens (including phenoxy) is 1. The Balaban J connectivity index is 1.41. The number of nitrogens with zero attached hydrogens (tertiary/aromatic N) is 4. The molecule has 0 radical (unpaired) electrons. The van der Waals surface area contributed by atoms with Crippen molar-refractivity contribution in [2.45, 2.75) is 45.3 Å². The normalized spacial score (nSPS) is 14.8. The molecule has 0 aliphatic carbocycles. The minimum Gasteiger partial charge on any atom is -0.457 e. The van der Waals surface area contributed by atoms with Crippen LogP contribution in [0, 0.1) is 16.7 Å². The summed E-state index contributed by atoms with van der Waals surface area (Å²) < 4.78 is 46.4. The van der Waals surface area contributed by atoms with E-state index in [0.29, 0.717) is 60.0 Å². The average Bonchev–Trinajstić information content (AvgIpc) is 3.00. The fourth-order valence-corrected chi connectivity index (χ4v) is 5.21. The van der Waals surface area contributed by atoms with Crippen LogP contribution in [0.3, 0.4) is 0 Å². The molecule has 2 aromatic carbocycles. The van der Waals surface area contributed by atoms with Crippen LogP contribution < -0.4 is 10.3 Å². The van der Waals surface area contributed by atoms with E-state index in [0.717, 1.165) is 10.9 Å². The van der Waals surface area contributed by atoms with Crippen molar-refractivity contribution in [1.29, 1.82) is 10.8 Å². The van der Waals surface area contributed by atoms with E-state index in [9.17, 15) is 18.0 Å². The van der Waals surface area contributed by atoms with Gasteiger partial charge >= 0.3 is 6.18 Å². The summed E-state index contributed by atoms with van der Waals surface area (Å²) in [4.78, 5) is 23.3. The third kappa shape index (κ3) is 8.30. The van der Waals surface area contributed by atoms with E-state index in [1.54, 1.807) is 71.6 Å². The molecule has 3 heterocycles. The standard InChI is InChI=1S/C34H35F3N6O2/c1-22(2)28(38)10-11-29(39)23-6-8-27(9-7-23)45-31-18-30-25(17-26(31)20-43-14-4-3-5-32(43)44)19-40-33(41-30)24-12-15-42(16-13-24)21-34(35,36)37/h3-11,14,17-19,22,24,38-39H,12-13,15-16,20-21H2,1-2H3/b11-10-,38-28?,39-29?. The first-order chi connectivity index (χ1) is 21.4. The molecule has 1 aliphatic heterocycles. The van der Waals surface area contributed by atoms with E-state index >= 15 is 0 Å². The third-order valence-corrected chi connectivity index (χ3v) is 7.82. The number of rotatable bonds is 10. The Kier molecular flexibility index (Phi) is 9.57. The van der Waals surface area contributed by atoms with Crippen molar-refractivity contribution in [3.8, 4) is 11.5 Å². The third-order valence-electron chi connectivity index (χ3n) is 7.82. The number of piperidine rings is 1. The number of aromatic nitrogens is 3. The molecule has 234 valence electrons. The van der Waals surface area contributed by atoms with Gasteiger partial charge in [0.1, 0.15) is 17.3 Å². The van der Waals surface area contributed by atoms with Gasteiger partial charge in [-0.2, -0.15) is 13.2 Å². The van der Waals surface area contributed by atoms with Crippen molar-refractivity contribution in [3.63, 3.8) is 0 Å². The SMILES string of the molecule is CC(C)C(=N)/C=C\C(=N)c1ccc(Oc2cc3nc(C4CCN(CC(F)(F)F)CC4)ncc3cc2Cn2ccccc2=O)cc1. The van der Waals surface area contributed by atoms with Gasteiger partial charge in [-0.3, -0.25) is 9.69 Å². The topological polar surface area (TPSA) is 108 Å². The van der Waals surface area contributed by atoms with Crippen LogP contribution in [-0.4, -0.2) is 56.7 Å². The molecule has 1 saturated heterocycles. The predicted molar refractivity (Wildman–Crippen MR) is 169 cm³/mol. The second-order valence-corrected chi connectivity index (χ2v) is 11.6. The van der Waals surface area contributed by atoms with Crippen molar-refractivity contribution in [2.75, 3.05) is 19.6 Å². The lowest BCUT2D eigenvalue weighted by Crippen LogP contribution is -2.39. The Hall–Kier alpha value is -4.64. The molecule has 2 N–H and O–H groups in total. The predicted octanol–water partition coefficient (Wildman–Crippen LogP) is 6.97. The zero-order valence-electron chi connectivity index (χ0n) is 25.1. The molecule has 0 amide bonds. The van der Waals surface area contributed by atoms with Crippen LogP contribution in [0.1, 0.15) is 49.6 Å². The molecule has 0 spiro atoms. The van der Waals surface area contributed by atoms with E-state index in [4.69, 9.17) is 20.5 Å². The van der Waals surface area contributed by atoms with E-state index in [2.05, 4.69) is 4.98 Å². The van der Waals surface area contributed by atoms with Crippen LogP contribution in [0.2, 0.25) is 0 Å². The molecular weight excluding hydrogens is 581 g/mol. The number of benzene rings is 2. The lowest BCUT2D eigenvalue weighted by atomic mass is 9.95. The van der Waals surface area contributed by atoms with Crippen LogP contribution in [0.25, 0.3) is 10.9 Å². The average molecular weight is 617 g/mol. The summed E-state index contributed by atoms with van der Waals surface area (Å²) in [6.07, 6.45) is 3.51. The van der Waals surface area contributed by atoms with Crippen molar-refractivity contribution in [3.05, 3.63) is 106 Å². The van der Waals surface area contributed by atoms with Gasteiger partial charge in [0.05, 0.1) is 24.3 Å². The maximum absolute atomic E-state index is 12.8. The fraction of sp³-hybridized carbons (Fsp3) is 0.324. The zero-order valence-corrected chi connectivity index (χ0v) is 25.1. The summed E-state index contributed by atoms with van der Waals surface area (Å²) in [7, 11) is 0. The minimum absolute atomic E-state index is 0.0491. The van der Waals surface area contributed by atoms with Gasteiger partial charge in [-0.1, -0.05) is 19.9 Å². The Morgan fingerprint density at radius 2 is 1.80 bits per heavy atom. The molecule has 0 unspecified atom stereocenters. The maximum atomic E-state index is 12.8. The lowest BCUT2D eigenvalue weighted by molar-refractivity contribution is -0.148. The zero-order chi connectivity index (χ0) is 32.1. The molecule has 4 aromatic rings. The number of hydrogen-bond acceptors (Lipinski definition) is 7. The molecule has 8 nitrogen and oxygen atoms in total. The number of alkyl halides is 3. The highest BCUT2D eigenvalue weighted by molar-refractivity contribution is 6.10. The Bertz CT molecular complexity index is 1770. The van der Waals surface area contributed by atoms with E-state index in [-0.39, 0.29) is 29.7 Å². The Morgan fingerprint density at radius 1 is 1.07 bits per heavy atom. The lowest BCUT2D eigenvalue weighted by Gasteiger charge is -2.31. The smallest absolute Gasteiger partial charge is 0.401 e. The van der Waals surface area contributed by atoms with Crippen molar-refractivity contribution < 1.29 is 17.9 Å². The van der Waals surface area contributed by atoms with Crippen molar-refractivity contribution >= 4 is 22.3 Å². The summed E-state index contributed by atoms with van der Waals surface area (Å²) in [5, 5.41) is 17.1. The number of fused-ring (bicyclic) bond motifs is 1. The number of halogens is 3. The summed E-state index contributed by atoms with van der Waals surface area (Å²) >= 11 is 0. The van der Waals surface area contributed by atoms with Crippen LogP contribution in [-0.2, 0) is 6.54 Å². The molecule has 1 aliphatic rings. The minimum atomic E-state index is -4.22. The molecule has 11 heteroatoms. The highest BCUT2D eigenvalue weighted by Crippen LogP contribution is 2.33. The molecule has 5 rings (SSSR count). The number of pyridine rings is 1. The van der Waals surface area contributed by atoms with Gasteiger partial charge in [-0.25, -0.2) is 9.97 Å². The van der Waals surface area contributed by atoms with Gasteiger partial charge in [-0.05, 0) is 86.0 Å². The summed E-state index contributed by atoms with van der Waals surface area (Å²) in [6, 6.07) is 15.7. The van der Waals surface area contributed by atoms with Crippen molar-refractivity contribution in [1.82, 2.24) is 19.4 Å². The van der Waals surface area contributed by atoms with Gasteiger partial charge in [-0.15, -0.1) is 0 Å². The van der Waals surface area contributed by atoms with Gasteiger partial charge in [0.25, 0.3) is 5.56 Å². The largest absolute Gasteiger partial charge is 0.457 e. The summed E-state index contributed by atoms with van der Waals surface area (Å²) in [5.74, 6) is 1.64. The molecule has 0 atom stereocenters. The monoisotopic (exact) mass is 616 g/mol. The first kappa shape index (κ1) is 31.8. The molecule has 45 heavy (non-hydrogen) atoms. The van der Waals surface area contributed by atoms with E-state index < -0.39 is 12.7 Å². The van der Waals surface area contributed by atoms with Crippen LogP contribution in [0.4, 0.5) is 13.2 Å².